The molecule has 1 aromatic heterocycles. The zero-order valence-electron chi connectivity index (χ0n) is 14.7. The zero-order chi connectivity index (χ0) is 18.3. The molecule has 2 heterocycles. The summed E-state index contributed by atoms with van der Waals surface area (Å²) in [7, 11) is 4.09. The highest BCUT2D eigenvalue weighted by molar-refractivity contribution is 5.92. The molecule has 3 aromatic rings. The average molecular weight is 341 g/mol. The molecule has 1 aliphatic heterocycles. The minimum Gasteiger partial charge on any atom is -0.398 e. The first-order valence-electron chi connectivity index (χ1n) is 8.40. The minimum atomic E-state index is 0.0723. The number of pyridine rings is 1. The van der Waals surface area contributed by atoms with Crippen molar-refractivity contribution in [1.29, 1.82) is 5.26 Å². The SMILES string of the molecule is CN1C=C(c2ccc3nccc(N)c3c2)C(c2ccc(C#N)cc2)N1C. The third-order valence-corrected chi connectivity index (χ3v) is 4.96. The Bertz CT molecular complexity index is 1050. The van der Waals surface area contributed by atoms with Crippen LogP contribution in [0.2, 0.25) is 0 Å². The highest BCUT2D eigenvalue weighted by Crippen LogP contribution is 2.40. The van der Waals surface area contributed by atoms with E-state index in [1.54, 1.807) is 6.20 Å². The van der Waals surface area contributed by atoms with Gasteiger partial charge in [0.25, 0.3) is 0 Å². The largest absolute Gasteiger partial charge is 0.398 e. The van der Waals surface area contributed by atoms with E-state index < -0.39 is 0 Å². The first-order valence-corrected chi connectivity index (χ1v) is 8.40. The molecule has 128 valence electrons. The standard InChI is InChI=1S/C21H19N5/c1-25-13-18(16-7-8-20-17(11-16)19(23)9-10-24-20)21(26(25)2)15-5-3-14(12-22)4-6-15/h3-11,13,21H,1-2H3,(H2,23,24). The smallest absolute Gasteiger partial charge is 0.0991 e. The van der Waals surface area contributed by atoms with Crippen LogP contribution in [-0.4, -0.2) is 29.1 Å². The fraction of sp³-hybridized carbons (Fsp3) is 0.143. The molecule has 0 spiro atoms. The summed E-state index contributed by atoms with van der Waals surface area (Å²) >= 11 is 0. The summed E-state index contributed by atoms with van der Waals surface area (Å²) in [6.07, 6.45) is 3.86. The van der Waals surface area contributed by atoms with Crippen LogP contribution in [-0.2, 0) is 0 Å². The Morgan fingerprint density at radius 1 is 1.08 bits per heavy atom. The fourth-order valence-corrected chi connectivity index (χ4v) is 3.46. The van der Waals surface area contributed by atoms with Crippen molar-refractivity contribution in [2.75, 3.05) is 19.8 Å². The molecule has 0 amide bonds. The third kappa shape index (κ3) is 2.57. The molecule has 0 radical (unpaired) electrons. The van der Waals surface area contributed by atoms with Crippen molar-refractivity contribution in [3.05, 3.63) is 77.6 Å². The van der Waals surface area contributed by atoms with Crippen molar-refractivity contribution in [2.45, 2.75) is 6.04 Å². The highest BCUT2D eigenvalue weighted by Gasteiger charge is 2.30. The minimum absolute atomic E-state index is 0.0723. The molecule has 5 nitrogen and oxygen atoms in total. The van der Waals surface area contributed by atoms with E-state index in [9.17, 15) is 0 Å². The van der Waals surface area contributed by atoms with Gasteiger partial charge in [-0.3, -0.25) is 4.98 Å². The molecule has 4 rings (SSSR count). The normalized spacial score (nSPS) is 17.3. The second-order valence-corrected chi connectivity index (χ2v) is 6.50. The van der Waals surface area contributed by atoms with E-state index in [-0.39, 0.29) is 6.04 Å². The molecule has 0 bridgehead atoms. The van der Waals surface area contributed by atoms with Gasteiger partial charge in [-0.2, -0.15) is 5.26 Å². The number of nitrogens with two attached hydrogens (primary N) is 1. The quantitative estimate of drug-likeness (QED) is 0.772. The monoisotopic (exact) mass is 341 g/mol. The summed E-state index contributed by atoms with van der Waals surface area (Å²) in [5.41, 5.74) is 11.9. The van der Waals surface area contributed by atoms with Gasteiger partial charge in [0.05, 0.1) is 23.2 Å². The maximum Gasteiger partial charge on any atom is 0.0991 e. The van der Waals surface area contributed by atoms with Gasteiger partial charge in [-0.15, -0.1) is 0 Å². The molecule has 0 saturated heterocycles. The Hall–Kier alpha value is -3.36. The number of likely N-dealkylation sites (N-methyl/N-ethyl adjacent to an activating group) is 1. The zero-order valence-corrected chi connectivity index (χ0v) is 14.7. The number of benzene rings is 2. The predicted molar refractivity (Wildman–Crippen MR) is 104 cm³/mol. The lowest BCUT2D eigenvalue weighted by molar-refractivity contribution is 0.0752. The van der Waals surface area contributed by atoms with E-state index in [0.717, 1.165) is 27.7 Å². The van der Waals surface area contributed by atoms with Crippen LogP contribution < -0.4 is 5.73 Å². The van der Waals surface area contributed by atoms with E-state index in [2.05, 4.69) is 46.5 Å². The van der Waals surface area contributed by atoms with Gasteiger partial charge in [-0.05, 0) is 41.5 Å². The molecular formula is C21H19N5. The molecule has 2 N–H and O–H groups in total. The highest BCUT2D eigenvalue weighted by atomic mass is 15.6. The van der Waals surface area contributed by atoms with Crippen LogP contribution in [0.25, 0.3) is 16.5 Å². The van der Waals surface area contributed by atoms with Crippen LogP contribution in [0.5, 0.6) is 0 Å². The molecule has 0 saturated carbocycles. The number of anilines is 1. The fourth-order valence-electron chi connectivity index (χ4n) is 3.46. The molecule has 0 aliphatic carbocycles. The van der Waals surface area contributed by atoms with Crippen molar-refractivity contribution in [3.8, 4) is 6.07 Å². The van der Waals surface area contributed by atoms with Crippen LogP contribution in [0.1, 0.15) is 22.7 Å². The molecule has 5 heteroatoms. The summed E-state index contributed by atoms with van der Waals surface area (Å²) in [5, 5.41) is 14.3. The lowest BCUT2D eigenvalue weighted by Crippen LogP contribution is -2.30. The maximum atomic E-state index is 9.05. The van der Waals surface area contributed by atoms with E-state index in [0.29, 0.717) is 5.56 Å². The van der Waals surface area contributed by atoms with Crippen LogP contribution >= 0.6 is 0 Å². The number of nitrogens with zero attached hydrogens (tertiary/aromatic N) is 4. The number of aromatic nitrogens is 1. The number of fused-ring (bicyclic) bond motifs is 1. The number of rotatable bonds is 2. The Morgan fingerprint density at radius 2 is 1.85 bits per heavy atom. The summed E-state index contributed by atoms with van der Waals surface area (Å²) in [6, 6.07) is 18.0. The number of hydrazine groups is 1. The first kappa shape index (κ1) is 16.1. The molecule has 1 unspecified atom stereocenters. The van der Waals surface area contributed by atoms with E-state index in [1.165, 1.54) is 5.57 Å². The average Bonchev–Trinajstić information content (AvgIpc) is 2.97. The Balaban J connectivity index is 1.81. The van der Waals surface area contributed by atoms with Gasteiger partial charge in [0.1, 0.15) is 0 Å². The van der Waals surface area contributed by atoms with Gasteiger partial charge >= 0.3 is 0 Å². The van der Waals surface area contributed by atoms with Gasteiger partial charge < -0.3 is 10.7 Å². The number of nitriles is 1. The molecular weight excluding hydrogens is 322 g/mol. The molecule has 26 heavy (non-hydrogen) atoms. The second-order valence-electron chi connectivity index (χ2n) is 6.50. The number of nitrogen functional groups attached to an aromatic ring is 1. The topological polar surface area (TPSA) is 69.2 Å². The van der Waals surface area contributed by atoms with Gasteiger partial charge in [0, 0.05) is 43.1 Å². The van der Waals surface area contributed by atoms with Crippen LogP contribution in [0.15, 0.2) is 60.9 Å². The summed E-state index contributed by atoms with van der Waals surface area (Å²) in [5.74, 6) is 0. The molecule has 1 atom stereocenters. The third-order valence-electron chi connectivity index (χ3n) is 4.96. The molecule has 1 aliphatic rings. The van der Waals surface area contributed by atoms with Crippen molar-refractivity contribution >= 4 is 22.2 Å². The number of hydrogen-bond acceptors (Lipinski definition) is 5. The van der Waals surface area contributed by atoms with Crippen molar-refractivity contribution in [2.24, 2.45) is 0 Å². The van der Waals surface area contributed by atoms with E-state index >= 15 is 0 Å². The van der Waals surface area contributed by atoms with E-state index in [1.807, 2.05) is 43.4 Å². The Labute approximate surface area is 152 Å². The van der Waals surface area contributed by atoms with E-state index in [4.69, 9.17) is 11.0 Å². The van der Waals surface area contributed by atoms with Crippen LogP contribution in [0.3, 0.4) is 0 Å². The van der Waals surface area contributed by atoms with Crippen molar-refractivity contribution in [3.63, 3.8) is 0 Å². The van der Waals surface area contributed by atoms with Crippen LogP contribution in [0, 0.1) is 11.3 Å². The Kier molecular flexibility index (Phi) is 3.83. The summed E-state index contributed by atoms with van der Waals surface area (Å²) < 4.78 is 0. The summed E-state index contributed by atoms with van der Waals surface area (Å²) in [4.78, 5) is 4.39. The maximum absolute atomic E-state index is 9.05. The molecule has 0 fully saturated rings. The van der Waals surface area contributed by atoms with Crippen molar-refractivity contribution in [1.82, 2.24) is 15.0 Å². The predicted octanol–water partition coefficient (Wildman–Crippen LogP) is 3.56. The summed E-state index contributed by atoms with van der Waals surface area (Å²) in [6.45, 7) is 0. The van der Waals surface area contributed by atoms with Gasteiger partial charge in [-0.1, -0.05) is 18.2 Å². The second kappa shape index (κ2) is 6.17. The van der Waals surface area contributed by atoms with Gasteiger partial charge in [0.2, 0.25) is 0 Å². The van der Waals surface area contributed by atoms with Crippen molar-refractivity contribution < 1.29 is 0 Å². The lowest BCUT2D eigenvalue weighted by atomic mass is 9.93. The lowest BCUT2D eigenvalue weighted by Gasteiger charge is -2.28. The molecule has 2 aromatic carbocycles. The van der Waals surface area contributed by atoms with Crippen LogP contribution in [0.4, 0.5) is 5.69 Å². The first-order chi connectivity index (χ1) is 12.6. The van der Waals surface area contributed by atoms with Gasteiger partial charge in [-0.25, -0.2) is 5.01 Å². The number of hydrogen-bond donors (Lipinski definition) is 1. The Morgan fingerprint density at radius 3 is 2.58 bits per heavy atom. The van der Waals surface area contributed by atoms with Gasteiger partial charge in [0.15, 0.2) is 0 Å².